The van der Waals surface area contributed by atoms with Crippen LogP contribution in [0.3, 0.4) is 0 Å². The molecule has 0 radical (unpaired) electrons. The number of carbonyl (C=O) groups excluding carboxylic acids is 2. The molecule has 19 heavy (non-hydrogen) atoms. The molecule has 1 aliphatic heterocycles. The quantitative estimate of drug-likeness (QED) is 0.390. The summed E-state index contributed by atoms with van der Waals surface area (Å²) in [5, 5.41) is 2.34. The summed E-state index contributed by atoms with van der Waals surface area (Å²) in [5.74, 6) is 4.75. The second-order valence-electron chi connectivity index (χ2n) is 4.97. The lowest BCUT2D eigenvalue weighted by Crippen LogP contribution is -2.63. The van der Waals surface area contributed by atoms with E-state index in [9.17, 15) is 9.59 Å². The third kappa shape index (κ3) is 2.72. The molecule has 4 N–H and O–H groups in total. The molecule has 7 nitrogen and oxygen atoms in total. The van der Waals surface area contributed by atoms with E-state index < -0.39 is 5.54 Å². The van der Waals surface area contributed by atoms with Gasteiger partial charge in [0.15, 0.2) is 0 Å². The second-order valence-corrected chi connectivity index (χ2v) is 4.97. The minimum atomic E-state index is -0.748. The highest BCUT2D eigenvalue weighted by Gasteiger charge is 2.40. The molecule has 0 atom stereocenters. The number of nitrogens with zero attached hydrogens (tertiary/aromatic N) is 2. The van der Waals surface area contributed by atoms with Crippen molar-refractivity contribution in [2.24, 2.45) is 5.84 Å². The standard InChI is InChI=1S/C12H17N5O2/c1-12(2)11(19)15-10(18)7-17(12)6-9-5-8(16-13)3-4-14-9/h3-5H,6-7,13H2,1-2H3,(H,14,16)(H,15,18,19). The molecule has 1 aliphatic rings. The number of aromatic nitrogens is 1. The third-order valence-corrected chi connectivity index (χ3v) is 3.27. The van der Waals surface area contributed by atoms with Crippen LogP contribution in [0.15, 0.2) is 18.3 Å². The third-order valence-electron chi connectivity index (χ3n) is 3.27. The van der Waals surface area contributed by atoms with Crippen molar-refractivity contribution in [3.63, 3.8) is 0 Å². The Balaban J connectivity index is 2.20. The van der Waals surface area contributed by atoms with E-state index in [0.717, 1.165) is 11.4 Å². The SMILES string of the molecule is CC1(C)C(=O)NC(=O)CN1Cc1cc(NN)ccn1. The van der Waals surface area contributed by atoms with Gasteiger partial charge in [-0.2, -0.15) is 0 Å². The molecule has 1 aromatic heterocycles. The van der Waals surface area contributed by atoms with Crippen molar-refractivity contribution in [2.75, 3.05) is 12.0 Å². The summed E-state index contributed by atoms with van der Waals surface area (Å²) in [6, 6.07) is 3.52. The van der Waals surface area contributed by atoms with Crippen LogP contribution in [0, 0.1) is 0 Å². The molecule has 2 amide bonds. The van der Waals surface area contributed by atoms with Gasteiger partial charge in [-0.15, -0.1) is 0 Å². The predicted molar refractivity (Wildman–Crippen MR) is 69.7 cm³/mol. The van der Waals surface area contributed by atoms with Crippen LogP contribution in [0.4, 0.5) is 5.69 Å². The molecule has 0 spiro atoms. The zero-order valence-corrected chi connectivity index (χ0v) is 10.9. The number of nitrogens with one attached hydrogen (secondary N) is 2. The van der Waals surface area contributed by atoms with E-state index in [0.29, 0.717) is 6.54 Å². The minimum absolute atomic E-state index is 0.167. The lowest BCUT2D eigenvalue weighted by atomic mass is 9.98. The van der Waals surface area contributed by atoms with Crippen molar-refractivity contribution in [1.29, 1.82) is 0 Å². The number of hydrazine groups is 1. The van der Waals surface area contributed by atoms with Crippen LogP contribution in [0.25, 0.3) is 0 Å². The summed E-state index contributed by atoms with van der Waals surface area (Å²) >= 11 is 0. The van der Waals surface area contributed by atoms with Crippen molar-refractivity contribution in [2.45, 2.75) is 25.9 Å². The number of rotatable bonds is 3. The fourth-order valence-electron chi connectivity index (χ4n) is 1.94. The van der Waals surface area contributed by atoms with Crippen LogP contribution >= 0.6 is 0 Å². The van der Waals surface area contributed by atoms with Crippen LogP contribution in [-0.2, 0) is 16.1 Å². The number of nitrogens with two attached hydrogens (primary N) is 1. The predicted octanol–water partition coefficient (Wildman–Crippen LogP) is -0.396. The molecule has 0 unspecified atom stereocenters. The van der Waals surface area contributed by atoms with E-state index in [-0.39, 0.29) is 18.4 Å². The Bertz CT molecular complexity index is 515. The van der Waals surface area contributed by atoms with Gasteiger partial charge in [0.25, 0.3) is 0 Å². The molecule has 0 aromatic carbocycles. The molecule has 102 valence electrons. The smallest absolute Gasteiger partial charge is 0.246 e. The highest BCUT2D eigenvalue weighted by atomic mass is 16.2. The minimum Gasteiger partial charge on any atom is -0.324 e. The van der Waals surface area contributed by atoms with Gasteiger partial charge in [-0.1, -0.05) is 0 Å². The summed E-state index contributed by atoms with van der Waals surface area (Å²) in [5.41, 5.74) is 3.26. The molecule has 1 aromatic rings. The fourth-order valence-corrected chi connectivity index (χ4v) is 1.94. The summed E-state index contributed by atoms with van der Waals surface area (Å²) in [4.78, 5) is 29.3. The number of pyridine rings is 1. The van der Waals surface area contributed by atoms with Crippen LogP contribution in [-0.4, -0.2) is 33.8 Å². The van der Waals surface area contributed by atoms with Gasteiger partial charge in [0.05, 0.1) is 23.5 Å². The van der Waals surface area contributed by atoms with Crippen LogP contribution in [0.1, 0.15) is 19.5 Å². The van der Waals surface area contributed by atoms with Crippen molar-refractivity contribution < 1.29 is 9.59 Å². The largest absolute Gasteiger partial charge is 0.324 e. The first-order chi connectivity index (χ1) is 8.93. The normalized spacial score (nSPS) is 19.1. The van der Waals surface area contributed by atoms with E-state index in [1.54, 1.807) is 37.1 Å². The first-order valence-corrected chi connectivity index (χ1v) is 5.94. The summed E-state index contributed by atoms with van der Waals surface area (Å²) in [6.45, 7) is 4.13. The van der Waals surface area contributed by atoms with Crippen molar-refractivity contribution in [3.05, 3.63) is 24.0 Å². The van der Waals surface area contributed by atoms with E-state index in [2.05, 4.69) is 15.7 Å². The van der Waals surface area contributed by atoms with Gasteiger partial charge in [-0.3, -0.25) is 30.6 Å². The Labute approximate surface area is 111 Å². The number of hydrogen-bond donors (Lipinski definition) is 3. The molecule has 2 rings (SSSR count). The summed E-state index contributed by atoms with van der Waals surface area (Å²) < 4.78 is 0. The molecular formula is C12H17N5O2. The molecule has 0 bridgehead atoms. The first-order valence-electron chi connectivity index (χ1n) is 5.94. The van der Waals surface area contributed by atoms with Gasteiger partial charge in [-0.25, -0.2) is 0 Å². The Morgan fingerprint density at radius 1 is 1.53 bits per heavy atom. The average molecular weight is 263 g/mol. The molecule has 7 heteroatoms. The Hall–Kier alpha value is -1.99. The van der Waals surface area contributed by atoms with Gasteiger partial charge >= 0.3 is 0 Å². The Morgan fingerprint density at radius 2 is 2.26 bits per heavy atom. The Morgan fingerprint density at radius 3 is 2.95 bits per heavy atom. The maximum absolute atomic E-state index is 11.8. The van der Waals surface area contributed by atoms with E-state index in [1.165, 1.54) is 0 Å². The highest BCUT2D eigenvalue weighted by Crippen LogP contribution is 2.21. The van der Waals surface area contributed by atoms with Gasteiger partial charge in [-0.05, 0) is 26.0 Å². The molecule has 0 aliphatic carbocycles. The van der Waals surface area contributed by atoms with Gasteiger partial charge in [0.1, 0.15) is 0 Å². The maximum Gasteiger partial charge on any atom is 0.246 e. The maximum atomic E-state index is 11.8. The second kappa shape index (κ2) is 4.94. The van der Waals surface area contributed by atoms with Crippen molar-refractivity contribution in [3.8, 4) is 0 Å². The van der Waals surface area contributed by atoms with Crippen LogP contribution < -0.4 is 16.6 Å². The topological polar surface area (TPSA) is 100 Å². The van der Waals surface area contributed by atoms with Crippen LogP contribution in [0.2, 0.25) is 0 Å². The number of carbonyl (C=O) groups is 2. The van der Waals surface area contributed by atoms with Crippen molar-refractivity contribution >= 4 is 17.5 Å². The van der Waals surface area contributed by atoms with Gasteiger partial charge in [0.2, 0.25) is 11.8 Å². The number of amides is 2. The summed E-state index contributed by atoms with van der Waals surface area (Å²) in [7, 11) is 0. The van der Waals surface area contributed by atoms with E-state index >= 15 is 0 Å². The number of piperazine rings is 1. The van der Waals surface area contributed by atoms with Gasteiger partial charge < -0.3 is 5.43 Å². The lowest BCUT2D eigenvalue weighted by molar-refractivity contribution is -0.145. The van der Waals surface area contributed by atoms with Crippen molar-refractivity contribution in [1.82, 2.24) is 15.2 Å². The number of nitrogen functional groups attached to an aromatic ring is 1. The lowest BCUT2D eigenvalue weighted by Gasteiger charge is -2.39. The number of hydrogen-bond acceptors (Lipinski definition) is 6. The number of imide groups is 1. The molecule has 2 heterocycles. The molecule has 0 saturated carbocycles. The highest BCUT2D eigenvalue weighted by molar-refractivity contribution is 6.02. The summed E-state index contributed by atoms with van der Waals surface area (Å²) in [6.07, 6.45) is 1.63. The molecule has 1 saturated heterocycles. The first kappa shape index (κ1) is 13.4. The monoisotopic (exact) mass is 263 g/mol. The van der Waals surface area contributed by atoms with Gasteiger partial charge in [0, 0.05) is 12.7 Å². The molecule has 1 fully saturated rings. The zero-order chi connectivity index (χ0) is 14.0. The van der Waals surface area contributed by atoms with E-state index in [1.807, 2.05) is 0 Å². The van der Waals surface area contributed by atoms with E-state index in [4.69, 9.17) is 5.84 Å². The molecular weight excluding hydrogens is 246 g/mol. The fraction of sp³-hybridized carbons (Fsp3) is 0.417. The average Bonchev–Trinajstić information content (AvgIpc) is 2.36. The number of anilines is 1. The zero-order valence-electron chi connectivity index (χ0n) is 10.9. The van der Waals surface area contributed by atoms with Crippen LogP contribution in [0.5, 0.6) is 0 Å². The Kier molecular flexibility index (Phi) is 3.50.